The minimum atomic E-state index is 0.406. The Hall–Kier alpha value is 1.04. The van der Waals surface area contributed by atoms with Gasteiger partial charge in [-0.2, -0.15) is 0 Å². The van der Waals surface area contributed by atoms with E-state index in [0.29, 0.717) is 3.44 Å². The molecule has 0 saturated carbocycles. The molecule has 0 aromatic rings. The van der Waals surface area contributed by atoms with Crippen molar-refractivity contribution < 1.29 is 4.74 Å². The van der Waals surface area contributed by atoms with Gasteiger partial charge in [0.1, 0.15) is 0 Å². The van der Waals surface area contributed by atoms with E-state index < -0.39 is 0 Å². The van der Waals surface area contributed by atoms with Crippen LogP contribution in [0.15, 0.2) is 0 Å². The van der Waals surface area contributed by atoms with Crippen LogP contribution in [0.1, 0.15) is 6.92 Å². The topological polar surface area (TPSA) is 9.23 Å². The Morgan fingerprint density at radius 3 is 2.88 bits per heavy atom. The lowest BCUT2D eigenvalue weighted by molar-refractivity contribution is 0.134. The van der Waals surface area contributed by atoms with Crippen LogP contribution in [0.5, 0.6) is 0 Å². The van der Waals surface area contributed by atoms with Crippen LogP contribution >= 0.6 is 34.4 Å². The smallest absolute Gasteiger partial charge is 0.154 e. The molecule has 1 aliphatic heterocycles. The van der Waals surface area contributed by atoms with Crippen LogP contribution in [0.3, 0.4) is 0 Å². The van der Waals surface area contributed by atoms with Gasteiger partial charge in [0.05, 0.1) is 6.61 Å². The van der Waals surface area contributed by atoms with E-state index in [4.69, 9.17) is 4.74 Å². The van der Waals surface area contributed by atoms with Crippen LogP contribution in [-0.2, 0) is 4.74 Å². The van der Waals surface area contributed by atoms with E-state index in [1.54, 1.807) is 0 Å². The van der Waals surface area contributed by atoms with Crippen molar-refractivity contribution in [2.75, 3.05) is 12.4 Å². The third-order valence-electron chi connectivity index (χ3n) is 1.02. The van der Waals surface area contributed by atoms with E-state index in [2.05, 4.69) is 29.5 Å². The van der Waals surface area contributed by atoms with Gasteiger partial charge in [-0.25, -0.2) is 0 Å². The molecule has 1 aliphatic rings. The van der Waals surface area contributed by atoms with E-state index in [-0.39, 0.29) is 0 Å². The lowest BCUT2D eigenvalue weighted by Gasteiger charge is -2.21. The van der Waals surface area contributed by atoms with Crippen LogP contribution in [0.2, 0.25) is 0 Å². The van der Waals surface area contributed by atoms with Gasteiger partial charge >= 0.3 is 0 Å². The van der Waals surface area contributed by atoms with Crippen LogP contribution in [-0.4, -0.2) is 15.8 Å². The average Bonchev–Trinajstić information content (AvgIpc) is 1.77. The molecule has 0 bridgehead atoms. The predicted octanol–water partition coefficient (Wildman–Crippen LogP) is 2.10. The molecule has 0 aromatic heterocycles. The Morgan fingerprint density at radius 2 is 2.50 bits per heavy atom. The Balaban J connectivity index is 2.19. The zero-order valence-corrected chi connectivity index (χ0v) is 7.74. The van der Waals surface area contributed by atoms with Crippen LogP contribution in [0, 0.1) is 5.92 Å². The monoisotopic (exact) mass is 244 g/mol. The lowest BCUT2D eigenvalue weighted by atomic mass is 10.2. The maximum atomic E-state index is 5.34. The minimum absolute atomic E-state index is 0.406. The van der Waals surface area contributed by atoms with Crippen LogP contribution in [0.4, 0.5) is 0 Å². The molecule has 0 aromatic carbocycles. The minimum Gasteiger partial charge on any atom is -0.358 e. The molecule has 2 atom stereocenters. The number of hydrogen-bond donors (Lipinski definition) is 0. The molecule has 0 spiro atoms. The Bertz CT molecular complexity index is 60.8. The fourth-order valence-corrected chi connectivity index (χ4v) is 2.16. The second-order valence-corrected chi connectivity index (χ2v) is 5.12. The second-order valence-electron chi connectivity index (χ2n) is 2.05. The summed E-state index contributed by atoms with van der Waals surface area (Å²) in [6, 6.07) is 0. The highest BCUT2D eigenvalue weighted by Gasteiger charge is 2.15. The van der Waals surface area contributed by atoms with Gasteiger partial charge in [-0.1, -0.05) is 6.92 Å². The third kappa shape index (κ3) is 2.11. The molecule has 3 heteroatoms. The average molecular weight is 244 g/mol. The van der Waals surface area contributed by atoms with Gasteiger partial charge < -0.3 is 4.74 Å². The molecule has 1 nitrogen and oxygen atoms in total. The molecule has 48 valence electrons. The van der Waals surface area contributed by atoms with Gasteiger partial charge in [0.15, 0.2) is 3.44 Å². The fraction of sp³-hybridized carbons (Fsp3) is 1.00. The van der Waals surface area contributed by atoms with Crippen molar-refractivity contribution in [2.24, 2.45) is 5.92 Å². The number of halogens is 1. The molecule has 1 saturated heterocycles. The van der Waals surface area contributed by atoms with E-state index in [0.717, 1.165) is 12.5 Å². The van der Waals surface area contributed by atoms with Gasteiger partial charge in [0.2, 0.25) is 0 Å². The van der Waals surface area contributed by atoms with Crippen LogP contribution < -0.4 is 0 Å². The first-order valence-corrected chi connectivity index (χ1v) is 4.96. The van der Waals surface area contributed by atoms with E-state index in [1.165, 1.54) is 5.75 Å². The predicted molar refractivity (Wildman–Crippen MR) is 45.4 cm³/mol. The van der Waals surface area contributed by atoms with Crippen molar-refractivity contribution in [2.45, 2.75) is 10.4 Å². The van der Waals surface area contributed by atoms with Gasteiger partial charge in [-0.15, -0.1) is 11.8 Å². The molecule has 0 N–H and O–H groups in total. The molecule has 1 rings (SSSR count). The Morgan fingerprint density at radius 1 is 1.75 bits per heavy atom. The molecular weight excluding hydrogens is 235 g/mol. The summed E-state index contributed by atoms with van der Waals surface area (Å²) in [5.41, 5.74) is 0. The van der Waals surface area contributed by atoms with Gasteiger partial charge in [0.25, 0.3) is 0 Å². The summed E-state index contributed by atoms with van der Waals surface area (Å²) in [6.07, 6.45) is 0. The first-order chi connectivity index (χ1) is 3.79. The van der Waals surface area contributed by atoms with Crippen molar-refractivity contribution in [1.29, 1.82) is 0 Å². The van der Waals surface area contributed by atoms with Crippen molar-refractivity contribution >= 4 is 34.4 Å². The Kier molecular flexibility index (Phi) is 2.92. The lowest BCUT2D eigenvalue weighted by Crippen LogP contribution is -2.18. The Labute approximate surface area is 67.7 Å². The summed E-state index contributed by atoms with van der Waals surface area (Å²) >= 11 is 4.20. The molecule has 1 fully saturated rings. The summed E-state index contributed by atoms with van der Waals surface area (Å²) < 4.78 is 5.75. The largest absolute Gasteiger partial charge is 0.358 e. The van der Waals surface area contributed by atoms with Gasteiger partial charge in [-0.05, 0) is 28.5 Å². The van der Waals surface area contributed by atoms with Crippen molar-refractivity contribution in [3.63, 3.8) is 0 Å². The maximum Gasteiger partial charge on any atom is 0.154 e. The molecule has 1 heterocycles. The highest BCUT2D eigenvalue weighted by Crippen LogP contribution is 2.27. The SMILES string of the molecule is CC1COC(I)SC1. The van der Waals surface area contributed by atoms with Crippen molar-refractivity contribution in [3.8, 4) is 0 Å². The fourth-order valence-electron chi connectivity index (χ4n) is 0.576. The second kappa shape index (κ2) is 3.27. The van der Waals surface area contributed by atoms with Crippen molar-refractivity contribution in [3.05, 3.63) is 0 Å². The molecule has 2 unspecified atom stereocenters. The van der Waals surface area contributed by atoms with E-state index in [1.807, 2.05) is 11.8 Å². The normalized spacial score (nSPS) is 39.8. The summed E-state index contributed by atoms with van der Waals surface area (Å²) in [7, 11) is 0. The molecule has 0 aliphatic carbocycles. The number of ether oxygens (including phenoxy) is 1. The first kappa shape index (κ1) is 7.15. The number of alkyl halides is 1. The summed E-state index contributed by atoms with van der Waals surface area (Å²) in [6.45, 7) is 3.16. The summed E-state index contributed by atoms with van der Waals surface area (Å²) in [5, 5.41) is 0. The molecule has 0 amide bonds. The standard InChI is InChI=1S/C5H9IOS/c1-4-2-7-5(6)8-3-4/h4-5H,2-3H2,1H3. The van der Waals surface area contributed by atoms with Crippen molar-refractivity contribution in [1.82, 2.24) is 0 Å². The van der Waals surface area contributed by atoms with E-state index in [9.17, 15) is 0 Å². The zero-order valence-electron chi connectivity index (χ0n) is 4.76. The maximum absolute atomic E-state index is 5.34. The quantitative estimate of drug-likeness (QED) is 0.476. The molecule has 8 heavy (non-hydrogen) atoms. The van der Waals surface area contributed by atoms with E-state index >= 15 is 0 Å². The highest BCUT2D eigenvalue weighted by atomic mass is 127. The first-order valence-electron chi connectivity index (χ1n) is 2.66. The number of thioether (sulfide) groups is 1. The van der Waals surface area contributed by atoms with Gasteiger partial charge in [0, 0.05) is 5.75 Å². The molecular formula is C5H9IOS. The molecule has 0 radical (unpaired) electrons. The third-order valence-corrected chi connectivity index (χ3v) is 3.62. The summed E-state index contributed by atoms with van der Waals surface area (Å²) in [4.78, 5) is 0. The zero-order chi connectivity index (χ0) is 5.98. The van der Waals surface area contributed by atoms with Crippen LogP contribution in [0.25, 0.3) is 0 Å². The summed E-state index contributed by atoms with van der Waals surface area (Å²) in [5.74, 6) is 2.01. The number of rotatable bonds is 0. The van der Waals surface area contributed by atoms with Gasteiger partial charge in [-0.3, -0.25) is 0 Å². The number of hydrogen-bond acceptors (Lipinski definition) is 2. The highest BCUT2D eigenvalue weighted by molar-refractivity contribution is 14.1.